The Morgan fingerprint density at radius 1 is 1.09 bits per heavy atom. The number of nitriles is 1. The molecule has 0 spiro atoms. The van der Waals surface area contributed by atoms with Crippen LogP contribution < -0.4 is 10.2 Å². The van der Waals surface area contributed by atoms with Crippen LogP contribution in [0.3, 0.4) is 0 Å². The van der Waals surface area contributed by atoms with Crippen molar-refractivity contribution in [1.29, 1.82) is 5.26 Å². The summed E-state index contributed by atoms with van der Waals surface area (Å²) in [5, 5.41) is 11.8. The number of amides is 1. The first kappa shape index (κ1) is 15.3. The molecule has 0 aromatic heterocycles. The van der Waals surface area contributed by atoms with E-state index in [0.29, 0.717) is 11.4 Å². The molecule has 0 aliphatic heterocycles. The average molecular weight is 292 g/mol. The number of para-hydroxylation sites is 1. The Morgan fingerprint density at radius 2 is 1.73 bits per heavy atom. The first-order valence-electron chi connectivity index (χ1n) is 6.73. The molecule has 1 N–H and O–H groups in total. The second kappa shape index (κ2) is 7.04. The minimum Gasteiger partial charge on any atom is -0.378 e. The summed E-state index contributed by atoms with van der Waals surface area (Å²) in [6, 6.07) is 18.1. The molecule has 110 valence electrons. The number of aliphatic imine (C=N–C) groups is 1. The number of nitrogens with one attached hydrogen (secondary N) is 1. The van der Waals surface area contributed by atoms with E-state index in [1.165, 1.54) is 0 Å². The maximum absolute atomic E-state index is 12.1. The van der Waals surface area contributed by atoms with E-state index in [1.54, 1.807) is 36.4 Å². The highest BCUT2D eigenvalue weighted by atomic mass is 16.1. The minimum absolute atomic E-state index is 0.179. The van der Waals surface area contributed by atoms with Gasteiger partial charge in [-0.05, 0) is 36.4 Å². The van der Waals surface area contributed by atoms with Gasteiger partial charge in [0.2, 0.25) is 5.71 Å². The van der Waals surface area contributed by atoms with Gasteiger partial charge in [0, 0.05) is 25.5 Å². The van der Waals surface area contributed by atoms with E-state index in [2.05, 4.69) is 10.3 Å². The quantitative estimate of drug-likeness (QED) is 0.881. The van der Waals surface area contributed by atoms with Crippen molar-refractivity contribution in [1.82, 2.24) is 0 Å². The van der Waals surface area contributed by atoms with Gasteiger partial charge in [-0.2, -0.15) is 5.26 Å². The van der Waals surface area contributed by atoms with E-state index in [9.17, 15) is 4.79 Å². The monoisotopic (exact) mass is 292 g/mol. The second-order valence-corrected chi connectivity index (χ2v) is 4.80. The van der Waals surface area contributed by atoms with Crippen LogP contribution in [0.25, 0.3) is 0 Å². The Kier molecular flexibility index (Phi) is 4.89. The molecule has 0 fully saturated rings. The fourth-order valence-electron chi connectivity index (χ4n) is 1.79. The Labute approximate surface area is 129 Å². The van der Waals surface area contributed by atoms with Crippen molar-refractivity contribution >= 4 is 28.7 Å². The van der Waals surface area contributed by atoms with Gasteiger partial charge >= 0.3 is 0 Å². The number of hydrogen-bond donors (Lipinski definition) is 1. The molecule has 0 heterocycles. The first-order valence-corrected chi connectivity index (χ1v) is 6.73. The maximum atomic E-state index is 12.1. The largest absolute Gasteiger partial charge is 0.378 e. The van der Waals surface area contributed by atoms with Gasteiger partial charge in [0.15, 0.2) is 0 Å². The molecule has 0 aliphatic rings. The minimum atomic E-state index is -0.523. The molecule has 0 unspecified atom stereocenters. The zero-order valence-electron chi connectivity index (χ0n) is 12.4. The topological polar surface area (TPSA) is 68.5 Å². The van der Waals surface area contributed by atoms with Gasteiger partial charge in [0.1, 0.15) is 6.07 Å². The summed E-state index contributed by atoms with van der Waals surface area (Å²) in [7, 11) is 3.87. The molecule has 0 radical (unpaired) electrons. The van der Waals surface area contributed by atoms with E-state index in [-0.39, 0.29) is 5.71 Å². The van der Waals surface area contributed by atoms with Crippen molar-refractivity contribution < 1.29 is 4.79 Å². The predicted octanol–water partition coefficient (Wildman–Crippen LogP) is 2.99. The second-order valence-electron chi connectivity index (χ2n) is 4.80. The van der Waals surface area contributed by atoms with Crippen molar-refractivity contribution in [2.24, 2.45) is 4.99 Å². The third-order valence-corrected chi connectivity index (χ3v) is 2.96. The van der Waals surface area contributed by atoms with Crippen molar-refractivity contribution in [3.8, 4) is 6.07 Å². The smallest absolute Gasteiger partial charge is 0.285 e. The molecule has 5 nitrogen and oxygen atoms in total. The molecule has 2 aromatic carbocycles. The maximum Gasteiger partial charge on any atom is 0.285 e. The third-order valence-electron chi connectivity index (χ3n) is 2.96. The van der Waals surface area contributed by atoms with E-state index in [0.717, 1.165) is 5.69 Å². The van der Waals surface area contributed by atoms with Crippen LogP contribution in [0.4, 0.5) is 17.1 Å². The zero-order chi connectivity index (χ0) is 15.9. The summed E-state index contributed by atoms with van der Waals surface area (Å²) in [6.45, 7) is 0. The van der Waals surface area contributed by atoms with Gasteiger partial charge in [-0.15, -0.1) is 0 Å². The van der Waals surface area contributed by atoms with Crippen LogP contribution >= 0.6 is 0 Å². The fourth-order valence-corrected chi connectivity index (χ4v) is 1.79. The lowest BCUT2D eigenvalue weighted by Gasteiger charge is -2.11. The normalized spacial score (nSPS) is 10.7. The predicted molar refractivity (Wildman–Crippen MR) is 88.5 cm³/mol. The van der Waals surface area contributed by atoms with E-state index < -0.39 is 5.91 Å². The lowest BCUT2D eigenvalue weighted by molar-refractivity contribution is -0.110. The summed E-state index contributed by atoms with van der Waals surface area (Å²) in [5.41, 5.74) is 2.02. The summed E-state index contributed by atoms with van der Waals surface area (Å²) in [4.78, 5) is 18.1. The van der Waals surface area contributed by atoms with E-state index in [1.807, 2.05) is 43.3 Å². The summed E-state index contributed by atoms with van der Waals surface area (Å²) in [5.74, 6) is -0.523. The van der Waals surface area contributed by atoms with Crippen LogP contribution in [0, 0.1) is 11.3 Å². The molecule has 1 amide bonds. The molecule has 0 saturated heterocycles. The molecule has 22 heavy (non-hydrogen) atoms. The molecule has 0 bridgehead atoms. The molecule has 5 heteroatoms. The van der Waals surface area contributed by atoms with Crippen LogP contribution in [-0.2, 0) is 4.79 Å². The molecule has 0 aliphatic carbocycles. The van der Waals surface area contributed by atoms with Gasteiger partial charge < -0.3 is 10.2 Å². The number of nitrogens with zero attached hydrogens (tertiary/aromatic N) is 3. The number of carbonyl (C=O) groups excluding carboxylic acids is 1. The summed E-state index contributed by atoms with van der Waals surface area (Å²) < 4.78 is 0. The third kappa shape index (κ3) is 3.93. The molecule has 0 atom stereocenters. The summed E-state index contributed by atoms with van der Waals surface area (Å²) in [6.07, 6.45) is 0. The first-order chi connectivity index (χ1) is 10.6. The highest BCUT2D eigenvalue weighted by Gasteiger charge is 2.11. The van der Waals surface area contributed by atoms with Crippen molar-refractivity contribution in [3.63, 3.8) is 0 Å². The van der Waals surface area contributed by atoms with Gasteiger partial charge in [-0.25, -0.2) is 4.99 Å². The number of hydrogen-bond acceptors (Lipinski definition) is 4. The molecular formula is C17H16N4O. The van der Waals surface area contributed by atoms with E-state index in [4.69, 9.17) is 5.26 Å². The van der Waals surface area contributed by atoms with Crippen molar-refractivity contribution in [2.75, 3.05) is 24.3 Å². The van der Waals surface area contributed by atoms with Crippen LogP contribution in [0.15, 0.2) is 59.6 Å². The zero-order valence-corrected chi connectivity index (χ0v) is 12.4. The van der Waals surface area contributed by atoms with Crippen molar-refractivity contribution in [2.45, 2.75) is 0 Å². The number of carbonyl (C=O) groups is 1. The van der Waals surface area contributed by atoms with Crippen LogP contribution in [0.1, 0.15) is 0 Å². The van der Waals surface area contributed by atoms with Gasteiger partial charge in [0.25, 0.3) is 5.91 Å². The van der Waals surface area contributed by atoms with Crippen LogP contribution in [0.2, 0.25) is 0 Å². The lowest BCUT2D eigenvalue weighted by Crippen LogP contribution is -2.21. The van der Waals surface area contributed by atoms with Crippen LogP contribution in [0.5, 0.6) is 0 Å². The number of anilines is 2. The number of rotatable bonds is 4. The Balaban J connectivity index is 2.16. The Hall–Kier alpha value is -3.13. The summed E-state index contributed by atoms with van der Waals surface area (Å²) >= 11 is 0. The molecule has 2 aromatic rings. The molecule has 2 rings (SSSR count). The van der Waals surface area contributed by atoms with Gasteiger partial charge in [0.05, 0.1) is 5.69 Å². The van der Waals surface area contributed by atoms with Crippen LogP contribution in [-0.4, -0.2) is 25.7 Å². The standard InChI is InChI=1S/C17H16N4O/c1-21(2)15-10-8-14(9-11-15)19-16(12-18)17(22)20-13-6-4-3-5-7-13/h3-11H,1-2H3,(H,20,22). The molecule has 0 saturated carbocycles. The highest BCUT2D eigenvalue weighted by molar-refractivity contribution is 6.49. The van der Waals surface area contributed by atoms with Crippen molar-refractivity contribution in [3.05, 3.63) is 54.6 Å². The Bertz CT molecular complexity index is 713. The number of benzene rings is 2. The Morgan fingerprint density at radius 3 is 2.27 bits per heavy atom. The SMILES string of the molecule is CN(C)c1ccc(N=C(C#N)C(=O)Nc2ccccc2)cc1. The highest BCUT2D eigenvalue weighted by Crippen LogP contribution is 2.18. The lowest BCUT2D eigenvalue weighted by atomic mass is 10.2. The van der Waals surface area contributed by atoms with Gasteiger partial charge in [-0.3, -0.25) is 4.79 Å². The molecular weight excluding hydrogens is 276 g/mol. The fraction of sp³-hybridized carbons (Fsp3) is 0.118. The van der Waals surface area contributed by atoms with Gasteiger partial charge in [-0.1, -0.05) is 18.2 Å². The average Bonchev–Trinajstić information content (AvgIpc) is 2.53. The van der Waals surface area contributed by atoms with E-state index >= 15 is 0 Å².